The molecule has 0 saturated carbocycles. The third kappa shape index (κ3) is 2.40. The van der Waals surface area contributed by atoms with Crippen LogP contribution in [0.5, 0.6) is 5.75 Å². The van der Waals surface area contributed by atoms with Gasteiger partial charge in [0, 0.05) is 30.1 Å². The van der Waals surface area contributed by atoms with Gasteiger partial charge >= 0.3 is 0 Å². The Balaban J connectivity index is 1.65. The summed E-state index contributed by atoms with van der Waals surface area (Å²) in [5.41, 5.74) is 3.65. The van der Waals surface area contributed by atoms with E-state index in [-0.39, 0.29) is 11.5 Å². The second-order valence-electron chi connectivity index (χ2n) is 6.71. The maximum atomic E-state index is 12.6. The minimum atomic E-state index is -0.218. The summed E-state index contributed by atoms with van der Waals surface area (Å²) in [6.07, 6.45) is 5.77. The van der Waals surface area contributed by atoms with Gasteiger partial charge in [0.1, 0.15) is 16.9 Å². The number of aromatic nitrogens is 3. The maximum absolute atomic E-state index is 12.6. The molecule has 6 heteroatoms. The van der Waals surface area contributed by atoms with Crippen molar-refractivity contribution in [3.63, 3.8) is 0 Å². The molecule has 0 fully saturated rings. The average molecular weight is 322 g/mol. The third-order valence-corrected chi connectivity index (χ3v) is 4.18. The first-order valence-electron chi connectivity index (χ1n) is 7.85. The second-order valence-corrected chi connectivity index (χ2v) is 6.71. The molecule has 6 nitrogen and oxygen atoms in total. The molecule has 3 heterocycles. The summed E-state index contributed by atoms with van der Waals surface area (Å²) in [7, 11) is 0. The second kappa shape index (κ2) is 5.06. The van der Waals surface area contributed by atoms with E-state index < -0.39 is 0 Å². The standard InChI is InChI=1S/C18H18N4O2/c1-11-7-15-12(9-18(2,3)24-15)8-14(11)21-17(23)13-10-20-22-6-4-5-19-16(13)22/h4-8,10H,9H2,1-3H3,(H,21,23). The molecule has 1 amide bonds. The van der Waals surface area contributed by atoms with Gasteiger partial charge in [0.2, 0.25) is 0 Å². The first-order chi connectivity index (χ1) is 11.4. The molecular formula is C18H18N4O2. The number of hydrogen-bond acceptors (Lipinski definition) is 4. The minimum absolute atomic E-state index is 0.205. The molecule has 1 N–H and O–H groups in total. The Kier molecular flexibility index (Phi) is 3.09. The van der Waals surface area contributed by atoms with E-state index >= 15 is 0 Å². The van der Waals surface area contributed by atoms with Crippen LogP contribution in [0.4, 0.5) is 5.69 Å². The molecule has 3 aromatic rings. The van der Waals surface area contributed by atoms with Gasteiger partial charge in [-0.3, -0.25) is 4.79 Å². The molecule has 1 aromatic carbocycles. The van der Waals surface area contributed by atoms with Crippen molar-refractivity contribution in [3.05, 3.63) is 53.5 Å². The fraction of sp³-hybridized carbons (Fsp3) is 0.278. The number of hydrogen-bond donors (Lipinski definition) is 1. The van der Waals surface area contributed by atoms with Crippen molar-refractivity contribution in [1.82, 2.24) is 14.6 Å². The highest BCUT2D eigenvalue weighted by molar-refractivity contribution is 6.08. The number of nitrogens with zero attached hydrogens (tertiary/aromatic N) is 3. The summed E-state index contributed by atoms with van der Waals surface area (Å²) in [5, 5.41) is 7.13. The Bertz CT molecular complexity index is 959. The minimum Gasteiger partial charge on any atom is -0.487 e. The van der Waals surface area contributed by atoms with Crippen LogP contribution in [0.15, 0.2) is 36.8 Å². The van der Waals surface area contributed by atoms with Crippen molar-refractivity contribution in [2.75, 3.05) is 5.32 Å². The van der Waals surface area contributed by atoms with Crippen LogP contribution in [-0.2, 0) is 6.42 Å². The molecule has 122 valence electrons. The lowest BCUT2D eigenvalue weighted by molar-refractivity contribution is 0.102. The van der Waals surface area contributed by atoms with E-state index in [0.29, 0.717) is 11.2 Å². The predicted molar refractivity (Wildman–Crippen MR) is 90.5 cm³/mol. The van der Waals surface area contributed by atoms with Gasteiger partial charge in [-0.15, -0.1) is 0 Å². The SMILES string of the molecule is Cc1cc2c(cc1NC(=O)c1cnn3cccnc13)CC(C)(C)O2. The van der Waals surface area contributed by atoms with Crippen LogP contribution in [0.3, 0.4) is 0 Å². The zero-order chi connectivity index (χ0) is 16.9. The number of ether oxygens (including phenoxy) is 1. The molecule has 24 heavy (non-hydrogen) atoms. The Morgan fingerprint density at radius 2 is 2.21 bits per heavy atom. The van der Waals surface area contributed by atoms with Crippen LogP contribution in [0, 0.1) is 6.92 Å². The lowest BCUT2D eigenvalue weighted by Gasteiger charge is -2.16. The van der Waals surface area contributed by atoms with Crippen molar-refractivity contribution < 1.29 is 9.53 Å². The molecule has 4 rings (SSSR count). The molecule has 0 unspecified atom stereocenters. The first kappa shape index (κ1) is 14.7. The number of anilines is 1. The number of fused-ring (bicyclic) bond motifs is 2. The van der Waals surface area contributed by atoms with E-state index in [4.69, 9.17) is 4.74 Å². The van der Waals surface area contributed by atoms with Crippen LogP contribution in [0.25, 0.3) is 5.65 Å². The van der Waals surface area contributed by atoms with E-state index in [0.717, 1.165) is 29.0 Å². The predicted octanol–water partition coefficient (Wildman–Crippen LogP) is 3.00. The number of carbonyl (C=O) groups excluding carboxylic acids is 1. The fourth-order valence-corrected chi connectivity index (χ4v) is 3.06. The Hall–Kier alpha value is -2.89. The van der Waals surface area contributed by atoms with E-state index in [9.17, 15) is 4.79 Å². The van der Waals surface area contributed by atoms with Crippen molar-refractivity contribution in [1.29, 1.82) is 0 Å². The lowest BCUT2D eigenvalue weighted by atomic mass is 10.00. The monoisotopic (exact) mass is 322 g/mol. The quantitative estimate of drug-likeness (QED) is 0.787. The topological polar surface area (TPSA) is 68.5 Å². The van der Waals surface area contributed by atoms with Gasteiger partial charge in [-0.05, 0) is 44.5 Å². The fourth-order valence-electron chi connectivity index (χ4n) is 3.06. The van der Waals surface area contributed by atoms with E-state index in [1.54, 1.807) is 23.0 Å². The lowest BCUT2D eigenvalue weighted by Crippen LogP contribution is -2.24. The van der Waals surface area contributed by atoms with Gasteiger partial charge in [-0.2, -0.15) is 5.10 Å². The Morgan fingerprint density at radius 3 is 3.04 bits per heavy atom. The Labute approximate surface area is 139 Å². The van der Waals surface area contributed by atoms with E-state index in [2.05, 4.69) is 29.2 Å². The van der Waals surface area contributed by atoms with Crippen LogP contribution in [0.1, 0.15) is 35.3 Å². The molecule has 0 aliphatic carbocycles. The summed E-state index contributed by atoms with van der Waals surface area (Å²) in [6, 6.07) is 5.75. The highest BCUT2D eigenvalue weighted by atomic mass is 16.5. The summed E-state index contributed by atoms with van der Waals surface area (Å²) < 4.78 is 7.51. The zero-order valence-electron chi connectivity index (χ0n) is 13.8. The van der Waals surface area contributed by atoms with E-state index in [1.165, 1.54) is 6.20 Å². The third-order valence-electron chi connectivity index (χ3n) is 4.18. The molecule has 0 saturated heterocycles. The number of benzene rings is 1. The largest absolute Gasteiger partial charge is 0.487 e. The van der Waals surface area contributed by atoms with Crippen molar-refractivity contribution in [2.45, 2.75) is 32.8 Å². The number of nitrogens with one attached hydrogen (secondary N) is 1. The molecule has 0 radical (unpaired) electrons. The number of amides is 1. The zero-order valence-corrected chi connectivity index (χ0v) is 13.8. The highest BCUT2D eigenvalue weighted by Gasteiger charge is 2.30. The van der Waals surface area contributed by atoms with Crippen LogP contribution >= 0.6 is 0 Å². The first-order valence-corrected chi connectivity index (χ1v) is 7.85. The molecular weight excluding hydrogens is 304 g/mol. The molecule has 0 atom stereocenters. The molecule has 1 aliphatic heterocycles. The number of carbonyl (C=O) groups is 1. The molecule has 0 spiro atoms. The van der Waals surface area contributed by atoms with Crippen molar-refractivity contribution in [2.24, 2.45) is 0 Å². The molecule has 1 aliphatic rings. The molecule has 0 bridgehead atoms. The van der Waals surface area contributed by atoms with Crippen LogP contribution in [0.2, 0.25) is 0 Å². The summed E-state index contributed by atoms with van der Waals surface area (Å²) in [5.74, 6) is 0.679. The van der Waals surface area contributed by atoms with Crippen LogP contribution in [-0.4, -0.2) is 26.1 Å². The van der Waals surface area contributed by atoms with Gasteiger partial charge in [0.25, 0.3) is 5.91 Å². The Morgan fingerprint density at radius 1 is 1.38 bits per heavy atom. The average Bonchev–Trinajstić information content (AvgIpc) is 3.07. The van der Waals surface area contributed by atoms with Gasteiger partial charge in [0.05, 0.1) is 6.20 Å². The number of rotatable bonds is 2. The normalized spacial score (nSPS) is 15.1. The highest BCUT2D eigenvalue weighted by Crippen LogP contribution is 2.38. The summed E-state index contributed by atoms with van der Waals surface area (Å²) in [6.45, 7) is 6.08. The number of aryl methyl sites for hydroxylation is 1. The summed E-state index contributed by atoms with van der Waals surface area (Å²) >= 11 is 0. The molecule has 2 aromatic heterocycles. The van der Waals surface area contributed by atoms with Gasteiger partial charge < -0.3 is 10.1 Å². The van der Waals surface area contributed by atoms with Crippen LogP contribution < -0.4 is 10.1 Å². The van der Waals surface area contributed by atoms with Gasteiger partial charge in [-0.1, -0.05) is 0 Å². The van der Waals surface area contributed by atoms with E-state index in [1.807, 2.05) is 19.1 Å². The smallest absolute Gasteiger partial charge is 0.261 e. The summed E-state index contributed by atoms with van der Waals surface area (Å²) in [4.78, 5) is 16.9. The van der Waals surface area contributed by atoms with Crippen molar-refractivity contribution >= 4 is 17.2 Å². The van der Waals surface area contributed by atoms with Gasteiger partial charge in [0.15, 0.2) is 5.65 Å². The van der Waals surface area contributed by atoms with Crippen molar-refractivity contribution in [3.8, 4) is 5.75 Å². The van der Waals surface area contributed by atoms with Gasteiger partial charge in [-0.25, -0.2) is 9.50 Å². The maximum Gasteiger partial charge on any atom is 0.261 e.